The Hall–Kier alpha value is -3.90. The normalized spacial score (nSPS) is 27.8. The molecule has 2 spiro atoms. The Bertz CT molecular complexity index is 1430. The molecular formula is C29H22N2O4. The van der Waals surface area contributed by atoms with Gasteiger partial charge in [0.2, 0.25) is 5.91 Å². The molecule has 1 amide bonds. The number of amides is 1. The quantitative estimate of drug-likeness (QED) is 0.464. The fourth-order valence-corrected chi connectivity index (χ4v) is 7.35. The van der Waals surface area contributed by atoms with Crippen LogP contribution in [0.2, 0.25) is 0 Å². The lowest BCUT2D eigenvalue weighted by Crippen LogP contribution is -2.60. The van der Waals surface area contributed by atoms with Gasteiger partial charge in [0.1, 0.15) is 5.41 Å². The highest BCUT2D eigenvalue weighted by Gasteiger charge is 2.80. The van der Waals surface area contributed by atoms with Gasteiger partial charge in [-0.15, -0.1) is 0 Å². The van der Waals surface area contributed by atoms with Crippen molar-refractivity contribution in [3.8, 4) is 0 Å². The number of Topliss-reactive ketones (excluding diaryl/α,β-unsaturated/α-hetero) is 3. The van der Waals surface area contributed by atoms with Gasteiger partial charge in [0.15, 0.2) is 22.9 Å². The van der Waals surface area contributed by atoms with Gasteiger partial charge < -0.3 is 5.32 Å². The summed E-state index contributed by atoms with van der Waals surface area (Å²) in [6.07, 6.45) is 1.37. The number of nitrogens with one attached hydrogen (secondary N) is 1. The molecule has 3 aromatic carbocycles. The lowest BCUT2D eigenvalue weighted by Gasteiger charge is -2.37. The largest absolute Gasteiger partial charge is 0.325 e. The first-order chi connectivity index (χ1) is 17.0. The summed E-state index contributed by atoms with van der Waals surface area (Å²) in [4.78, 5) is 59.1. The van der Waals surface area contributed by atoms with E-state index in [2.05, 4.69) is 5.32 Å². The van der Waals surface area contributed by atoms with Gasteiger partial charge in [0.25, 0.3) is 0 Å². The summed E-state index contributed by atoms with van der Waals surface area (Å²) >= 11 is 0. The molecule has 6 heteroatoms. The van der Waals surface area contributed by atoms with Crippen molar-refractivity contribution in [2.45, 2.75) is 29.8 Å². The van der Waals surface area contributed by atoms with Crippen LogP contribution >= 0.6 is 0 Å². The average molecular weight is 463 g/mol. The highest BCUT2D eigenvalue weighted by atomic mass is 16.2. The van der Waals surface area contributed by atoms with Crippen molar-refractivity contribution in [3.05, 3.63) is 101 Å². The third kappa shape index (κ3) is 2.19. The molecule has 0 saturated carbocycles. The topological polar surface area (TPSA) is 83.6 Å². The van der Waals surface area contributed by atoms with Gasteiger partial charge in [0.05, 0.1) is 5.92 Å². The van der Waals surface area contributed by atoms with Gasteiger partial charge in [-0.25, -0.2) is 0 Å². The molecule has 2 saturated heterocycles. The van der Waals surface area contributed by atoms with E-state index in [9.17, 15) is 19.2 Å². The maximum atomic E-state index is 14.5. The number of ketones is 3. The van der Waals surface area contributed by atoms with Gasteiger partial charge in [-0.05, 0) is 31.0 Å². The number of rotatable bonds is 2. The van der Waals surface area contributed by atoms with Crippen LogP contribution in [0.25, 0.3) is 0 Å². The second-order valence-electron chi connectivity index (χ2n) is 9.85. The molecule has 3 aromatic rings. The summed E-state index contributed by atoms with van der Waals surface area (Å²) in [5.41, 5.74) is -0.686. The van der Waals surface area contributed by atoms with E-state index in [-0.39, 0.29) is 23.3 Å². The lowest BCUT2D eigenvalue weighted by molar-refractivity contribution is -0.122. The van der Waals surface area contributed by atoms with Crippen molar-refractivity contribution < 1.29 is 19.2 Å². The van der Waals surface area contributed by atoms with E-state index in [4.69, 9.17) is 0 Å². The number of benzene rings is 3. The average Bonchev–Trinajstić information content (AvgIpc) is 3.60. The molecule has 172 valence electrons. The zero-order chi connectivity index (χ0) is 23.9. The molecule has 1 aliphatic carbocycles. The maximum absolute atomic E-state index is 14.5. The number of fused-ring (bicyclic) bond motifs is 6. The van der Waals surface area contributed by atoms with Crippen molar-refractivity contribution in [2.75, 3.05) is 11.9 Å². The zero-order valence-corrected chi connectivity index (χ0v) is 18.9. The van der Waals surface area contributed by atoms with Crippen LogP contribution in [0.1, 0.15) is 49.5 Å². The van der Waals surface area contributed by atoms with Crippen molar-refractivity contribution in [1.82, 2.24) is 4.90 Å². The van der Waals surface area contributed by atoms with Crippen LogP contribution < -0.4 is 5.32 Å². The van der Waals surface area contributed by atoms with Crippen LogP contribution in [-0.2, 0) is 10.2 Å². The number of hydrogen-bond acceptors (Lipinski definition) is 5. The van der Waals surface area contributed by atoms with Crippen LogP contribution in [0.5, 0.6) is 0 Å². The van der Waals surface area contributed by atoms with Crippen LogP contribution in [0.3, 0.4) is 0 Å². The Kier molecular flexibility index (Phi) is 3.99. The molecule has 6 nitrogen and oxygen atoms in total. The number of carbonyl (C=O) groups excluding carboxylic acids is 4. The fraction of sp³-hybridized carbons (Fsp3) is 0.241. The fourth-order valence-electron chi connectivity index (χ4n) is 7.35. The van der Waals surface area contributed by atoms with E-state index in [1.165, 1.54) is 0 Å². The second-order valence-corrected chi connectivity index (χ2v) is 9.85. The number of para-hydroxylation sites is 1. The molecule has 3 aliphatic heterocycles. The van der Waals surface area contributed by atoms with Crippen molar-refractivity contribution >= 4 is 28.9 Å². The SMILES string of the molecule is O=C(c1ccccc1)[C@H]1C2(C(=O)c3ccccc3C2=O)N2CCC[C@@H]2[C@@]12C(=O)Nc1ccccc12. The molecule has 0 bridgehead atoms. The van der Waals surface area contributed by atoms with Gasteiger partial charge >= 0.3 is 0 Å². The van der Waals surface area contributed by atoms with Crippen LogP contribution in [0.15, 0.2) is 78.9 Å². The Morgan fingerprint density at radius 1 is 0.829 bits per heavy atom. The number of hydrogen-bond donors (Lipinski definition) is 1. The van der Waals surface area contributed by atoms with E-state index in [1.54, 1.807) is 48.5 Å². The molecule has 3 atom stereocenters. The Morgan fingerprint density at radius 3 is 2.17 bits per heavy atom. The molecule has 1 N–H and O–H groups in total. The molecule has 0 aromatic heterocycles. The molecule has 4 aliphatic rings. The lowest BCUT2D eigenvalue weighted by atomic mass is 9.60. The Balaban J connectivity index is 1.58. The van der Waals surface area contributed by atoms with E-state index < -0.39 is 22.9 Å². The highest BCUT2D eigenvalue weighted by Crippen LogP contribution is 2.63. The van der Waals surface area contributed by atoms with E-state index in [1.807, 2.05) is 35.2 Å². The number of anilines is 1. The highest BCUT2D eigenvalue weighted by molar-refractivity contribution is 6.36. The van der Waals surface area contributed by atoms with Crippen LogP contribution in [0.4, 0.5) is 5.69 Å². The van der Waals surface area contributed by atoms with E-state index >= 15 is 0 Å². The van der Waals surface area contributed by atoms with Gasteiger partial charge in [-0.2, -0.15) is 0 Å². The molecule has 7 rings (SSSR count). The maximum Gasteiger partial charge on any atom is 0.237 e. The summed E-state index contributed by atoms with van der Waals surface area (Å²) in [7, 11) is 0. The first-order valence-corrected chi connectivity index (χ1v) is 12.0. The molecule has 35 heavy (non-hydrogen) atoms. The standard InChI is InChI=1S/C29H22N2O4/c32-23(17-9-2-1-3-10-17)24-28(20-13-6-7-14-21(20)30-27(28)35)22-15-8-16-31(22)29(24)25(33)18-11-4-5-12-19(18)26(29)34/h1-7,9-14,22,24H,8,15-16H2,(H,30,35)/t22-,24-,28-/m1/s1. The third-order valence-corrected chi connectivity index (χ3v) is 8.53. The summed E-state index contributed by atoms with van der Waals surface area (Å²) in [6.45, 7) is 0.478. The zero-order valence-electron chi connectivity index (χ0n) is 18.9. The minimum absolute atomic E-state index is 0.307. The molecular weight excluding hydrogens is 440 g/mol. The Morgan fingerprint density at radius 2 is 1.46 bits per heavy atom. The van der Waals surface area contributed by atoms with E-state index in [0.717, 1.165) is 6.42 Å². The number of nitrogens with zero attached hydrogens (tertiary/aromatic N) is 1. The summed E-state index contributed by atoms with van der Waals surface area (Å²) in [5, 5.41) is 3.00. The van der Waals surface area contributed by atoms with Gasteiger partial charge in [0, 0.05) is 28.4 Å². The molecule has 0 unspecified atom stereocenters. The second kappa shape index (κ2) is 6.83. The first kappa shape index (κ1) is 20.5. The van der Waals surface area contributed by atoms with Crippen LogP contribution in [0, 0.1) is 5.92 Å². The minimum atomic E-state index is -1.74. The smallest absolute Gasteiger partial charge is 0.237 e. The minimum Gasteiger partial charge on any atom is -0.325 e. The van der Waals surface area contributed by atoms with Crippen molar-refractivity contribution in [3.63, 3.8) is 0 Å². The van der Waals surface area contributed by atoms with Crippen molar-refractivity contribution in [1.29, 1.82) is 0 Å². The van der Waals surface area contributed by atoms with Gasteiger partial charge in [-0.1, -0.05) is 72.8 Å². The molecule has 2 fully saturated rings. The predicted molar refractivity (Wildman–Crippen MR) is 129 cm³/mol. The third-order valence-electron chi connectivity index (χ3n) is 8.53. The molecule has 3 heterocycles. The molecule has 0 radical (unpaired) electrons. The summed E-state index contributed by atoms with van der Waals surface area (Å²) in [6, 6.07) is 22.5. The monoisotopic (exact) mass is 462 g/mol. The van der Waals surface area contributed by atoms with Crippen molar-refractivity contribution in [2.24, 2.45) is 5.92 Å². The predicted octanol–water partition coefficient (Wildman–Crippen LogP) is 3.67. The Labute approximate surface area is 201 Å². The van der Waals surface area contributed by atoms with Crippen LogP contribution in [-0.4, -0.2) is 46.3 Å². The van der Waals surface area contributed by atoms with Gasteiger partial charge in [-0.3, -0.25) is 24.1 Å². The first-order valence-electron chi connectivity index (χ1n) is 12.0. The summed E-state index contributed by atoms with van der Waals surface area (Å²) in [5.74, 6) is -2.57. The van der Waals surface area contributed by atoms with E-state index in [0.29, 0.717) is 40.9 Å². The summed E-state index contributed by atoms with van der Waals surface area (Å²) < 4.78 is 0. The number of carbonyl (C=O) groups is 4.